The van der Waals surface area contributed by atoms with Crippen molar-refractivity contribution in [3.05, 3.63) is 72.8 Å². The highest BCUT2D eigenvalue weighted by Crippen LogP contribution is 2.45. The van der Waals surface area contributed by atoms with Gasteiger partial charge in [-0.15, -0.1) is 0 Å². The van der Waals surface area contributed by atoms with Gasteiger partial charge in [-0.1, -0.05) is 60.7 Å². The molecule has 2 fully saturated rings. The second-order valence-electron chi connectivity index (χ2n) is 11.1. The Bertz CT molecular complexity index is 1310. The van der Waals surface area contributed by atoms with E-state index in [-0.39, 0.29) is 12.6 Å². The molecule has 0 bridgehead atoms. The molecule has 2 atom stereocenters. The molecule has 0 aromatic heterocycles. The molecule has 6 heteroatoms. The van der Waals surface area contributed by atoms with Crippen LogP contribution >= 0.6 is 0 Å². The van der Waals surface area contributed by atoms with Gasteiger partial charge in [0.15, 0.2) is 12.6 Å². The smallest absolute Gasteiger partial charge is 0.157 e. The van der Waals surface area contributed by atoms with Crippen molar-refractivity contribution in [1.82, 2.24) is 0 Å². The van der Waals surface area contributed by atoms with E-state index in [1.807, 2.05) is 0 Å². The van der Waals surface area contributed by atoms with Crippen LogP contribution in [-0.4, -0.2) is 52.2 Å². The van der Waals surface area contributed by atoms with Gasteiger partial charge in [-0.2, -0.15) is 0 Å². The van der Waals surface area contributed by atoms with Crippen LogP contribution in [0.15, 0.2) is 72.8 Å². The molecule has 6 nitrogen and oxygen atoms in total. The molecule has 222 valence electrons. The lowest BCUT2D eigenvalue weighted by Gasteiger charge is -2.23. The second kappa shape index (κ2) is 14.8. The maximum absolute atomic E-state index is 6.49. The van der Waals surface area contributed by atoms with Crippen molar-refractivity contribution in [3.63, 3.8) is 0 Å². The minimum Gasteiger partial charge on any atom is -0.493 e. The Balaban J connectivity index is 1.23. The van der Waals surface area contributed by atoms with Gasteiger partial charge in [0.25, 0.3) is 0 Å². The van der Waals surface area contributed by atoms with Gasteiger partial charge < -0.3 is 28.4 Å². The standard InChI is InChI=1S/C36H42O6/c1-3-13-29-27(11-1)17-19-31(37-23-9-25-41-33-15-5-7-21-39-33)35(29)36-30-14-4-2-12-28(30)18-20-32(36)38-24-10-26-42-34-16-6-8-22-40-34/h1-4,11-14,17-20,33-34H,5-10,15-16,21-26H2. The fourth-order valence-electron chi connectivity index (χ4n) is 5.86. The van der Waals surface area contributed by atoms with Gasteiger partial charge >= 0.3 is 0 Å². The van der Waals surface area contributed by atoms with E-state index in [9.17, 15) is 0 Å². The Morgan fingerprint density at radius 3 is 1.45 bits per heavy atom. The Kier molecular flexibility index (Phi) is 10.2. The highest BCUT2D eigenvalue weighted by Gasteiger charge is 2.20. The lowest BCUT2D eigenvalue weighted by atomic mass is 9.92. The van der Waals surface area contributed by atoms with Gasteiger partial charge in [-0.05, 0) is 72.2 Å². The molecule has 2 heterocycles. The van der Waals surface area contributed by atoms with Crippen LogP contribution in [0, 0.1) is 0 Å². The molecule has 0 N–H and O–H groups in total. The summed E-state index contributed by atoms with van der Waals surface area (Å²) in [6, 6.07) is 25.4. The maximum Gasteiger partial charge on any atom is 0.157 e. The van der Waals surface area contributed by atoms with E-state index in [2.05, 4.69) is 72.8 Å². The molecule has 2 aliphatic heterocycles. The predicted molar refractivity (Wildman–Crippen MR) is 166 cm³/mol. The van der Waals surface area contributed by atoms with Crippen molar-refractivity contribution < 1.29 is 28.4 Å². The van der Waals surface area contributed by atoms with Gasteiger partial charge in [-0.25, -0.2) is 0 Å². The zero-order valence-corrected chi connectivity index (χ0v) is 24.4. The summed E-state index contributed by atoms with van der Waals surface area (Å²) in [5.41, 5.74) is 2.12. The normalized spacial score (nSPS) is 19.2. The topological polar surface area (TPSA) is 55.4 Å². The third-order valence-electron chi connectivity index (χ3n) is 8.01. The summed E-state index contributed by atoms with van der Waals surface area (Å²) in [6.45, 7) is 3.92. The van der Waals surface area contributed by atoms with E-state index in [0.29, 0.717) is 26.4 Å². The first-order valence-corrected chi connectivity index (χ1v) is 15.6. The van der Waals surface area contributed by atoms with E-state index in [0.717, 1.165) is 95.9 Å². The minimum atomic E-state index is -0.0778. The summed E-state index contributed by atoms with van der Waals surface area (Å²) in [7, 11) is 0. The van der Waals surface area contributed by atoms with Gasteiger partial charge in [-0.3, -0.25) is 0 Å². The molecule has 0 radical (unpaired) electrons. The zero-order chi connectivity index (χ0) is 28.4. The monoisotopic (exact) mass is 570 g/mol. The first-order chi connectivity index (χ1) is 20.9. The average Bonchev–Trinajstić information content (AvgIpc) is 3.05. The molecule has 0 spiro atoms. The van der Waals surface area contributed by atoms with E-state index in [1.54, 1.807) is 0 Å². The molecule has 6 rings (SSSR count). The van der Waals surface area contributed by atoms with Crippen molar-refractivity contribution in [2.45, 2.75) is 63.9 Å². The second-order valence-corrected chi connectivity index (χ2v) is 11.1. The number of fused-ring (bicyclic) bond motifs is 2. The fourth-order valence-corrected chi connectivity index (χ4v) is 5.86. The van der Waals surface area contributed by atoms with E-state index in [4.69, 9.17) is 28.4 Å². The Morgan fingerprint density at radius 2 is 1.00 bits per heavy atom. The van der Waals surface area contributed by atoms with Gasteiger partial charge in [0.05, 0.1) is 26.4 Å². The van der Waals surface area contributed by atoms with Crippen molar-refractivity contribution >= 4 is 21.5 Å². The quantitative estimate of drug-likeness (QED) is 0.151. The largest absolute Gasteiger partial charge is 0.493 e. The van der Waals surface area contributed by atoms with Crippen LogP contribution in [0.1, 0.15) is 51.4 Å². The van der Waals surface area contributed by atoms with Crippen LogP contribution in [0.25, 0.3) is 32.7 Å². The molecule has 2 unspecified atom stereocenters. The number of ether oxygens (including phenoxy) is 6. The van der Waals surface area contributed by atoms with Crippen LogP contribution in [0.2, 0.25) is 0 Å². The van der Waals surface area contributed by atoms with Gasteiger partial charge in [0, 0.05) is 37.2 Å². The molecule has 4 aromatic carbocycles. The molecule has 2 aliphatic rings. The molecule has 0 amide bonds. The number of rotatable bonds is 13. The van der Waals surface area contributed by atoms with Crippen LogP contribution in [0.5, 0.6) is 11.5 Å². The lowest BCUT2D eigenvalue weighted by Crippen LogP contribution is -2.23. The van der Waals surface area contributed by atoms with Crippen molar-refractivity contribution in [2.75, 3.05) is 39.6 Å². The third kappa shape index (κ3) is 7.24. The minimum absolute atomic E-state index is 0.0778. The summed E-state index contributed by atoms with van der Waals surface area (Å²) in [4.78, 5) is 0. The maximum atomic E-state index is 6.49. The Morgan fingerprint density at radius 1 is 0.524 bits per heavy atom. The summed E-state index contributed by atoms with van der Waals surface area (Å²) in [5, 5.41) is 4.61. The van der Waals surface area contributed by atoms with Crippen LogP contribution in [0.3, 0.4) is 0 Å². The van der Waals surface area contributed by atoms with Crippen molar-refractivity contribution in [2.24, 2.45) is 0 Å². The molecule has 2 saturated heterocycles. The first kappa shape index (κ1) is 28.9. The van der Waals surface area contributed by atoms with E-state index < -0.39 is 0 Å². The molecule has 0 aliphatic carbocycles. The van der Waals surface area contributed by atoms with Crippen LogP contribution < -0.4 is 9.47 Å². The van der Waals surface area contributed by atoms with Gasteiger partial charge in [0.2, 0.25) is 0 Å². The summed E-state index contributed by atoms with van der Waals surface area (Å²) < 4.78 is 36.3. The van der Waals surface area contributed by atoms with Crippen molar-refractivity contribution in [3.8, 4) is 22.6 Å². The van der Waals surface area contributed by atoms with Gasteiger partial charge in [0.1, 0.15) is 11.5 Å². The summed E-state index contributed by atoms with van der Waals surface area (Å²) in [5.74, 6) is 1.70. The third-order valence-corrected chi connectivity index (χ3v) is 8.01. The van der Waals surface area contributed by atoms with Crippen molar-refractivity contribution in [1.29, 1.82) is 0 Å². The lowest BCUT2D eigenvalue weighted by molar-refractivity contribution is -0.163. The summed E-state index contributed by atoms with van der Waals surface area (Å²) in [6.07, 6.45) is 7.94. The van der Waals surface area contributed by atoms with Crippen LogP contribution in [0.4, 0.5) is 0 Å². The van der Waals surface area contributed by atoms with E-state index in [1.165, 1.54) is 12.8 Å². The number of hydrogen-bond acceptors (Lipinski definition) is 6. The Hall–Kier alpha value is -3.16. The highest BCUT2D eigenvalue weighted by molar-refractivity contribution is 6.09. The molecule has 42 heavy (non-hydrogen) atoms. The summed E-state index contributed by atoms with van der Waals surface area (Å²) >= 11 is 0. The predicted octanol–water partition coefficient (Wildman–Crippen LogP) is 8.28. The Labute approximate surface area is 248 Å². The SMILES string of the molecule is c1ccc2c(-c3c(OCCCOC4CCCCO4)ccc4ccccc34)c(OCCCOC3CCCCO3)ccc2c1. The van der Waals surface area contributed by atoms with E-state index >= 15 is 0 Å². The molecule has 0 saturated carbocycles. The number of hydrogen-bond donors (Lipinski definition) is 0. The highest BCUT2D eigenvalue weighted by atomic mass is 16.7. The molecular formula is C36H42O6. The average molecular weight is 571 g/mol. The fraction of sp³-hybridized carbons (Fsp3) is 0.444. The number of benzene rings is 4. The first-order valence-electron chi connectivity index (χ1n) is 15.6. The molecular weight excluding hydrogens is 528 g/mol. The molecule has 4 aromatic rings. The van der Waals surface area contributed by atoms with Crippen LogP contribution in [-0.2, 0) is 18.9 Å². The zero-order valence-electron chi connectivity index (χ0n) is 24.4.